The monoisotopic (exact) mass is 239 g/mol. The van der Waals surface area contributed by atoms with Crippen molar-refractivity contribution in [2.75, 3.05) is 12.3 Å². The van der Waals surface area contributed by atoms with Crippen molar-refractivity contribution in [1.82, 2.24) is 9.88 Å². The lowest BCUT2D eigenvalue weighted by atomic mass is 10.1. The molecule has 0 bridgehead atoms. The van der Waals surface area contributed by atoms with Gasteiger partial charge in [0, 0.05) is 19.1 Å². The number of pyridine rings is 1. The van der Waals surface area contributed by atoms with Crippen LogP contribution in [0, 0.1) is 5.92 Å². The zero-order valence-electron chi connectivity index (χ0n) is 9.78. The summed E-state index contributed by atoms with van der Waals surface area (Å²) in [7, 11) is 0. The van der Waals surface area contributed by atoms with Crippen LogP contribution in [0.25, 0.3) is 0 Å². The van der Waals surface area contributed by atoms with E-state index < -0.39 is 0 Å². The van der Waals surface area contributed by atoms with Gasteiger partial charge in [-0.3, -0.25) is 4.90 Å². The van der Waals surface area contributed by atoms with Crippen molar-refractivity contribution in [3.63, 3.8) is 0 Å². The largest absolute Gasteiger partial charge is 0.384 e. The maximum atomic E-state index is 6.11. The molecule has 0 aromatic carbocycles. The minimum atomic E-state index is 0.541. The van der Waals surface area contributed by atoms with Gasteiger partial charge in [-0.15, -0.1) is 0 Å². The van der Waals surface area contributed by atoms with Gasteiger partial charge in [0.05, 0.1) is 10.7 Å². The molecule has 0 saturated carbocycles. The van der Waals surface area contributed by atoms with E-state index in [0.29, 0.717) is 16.9 Å². The molecule has 1 aromatic heterocycles. The molecule has 4 heteroatoms. The van der Waals surface area contributed by atoms with Gasteiger partial charge in [-0.2, -0.15) is 0 Å². The molecule has 16 heavy (non-hydrogen) atoms. The number of nitrogens with two attached hydrogens (primary N) is 1. The second-order valence-electron chi connectivity index (χ2n) is 4.78. The molecule has 1 saturated heterocycles. The lowest BCUT2D eigenvalue weighted by Crippen LogP contribution is -2.27. The number of likely N-dealkylation sites (tertiary alicyclic amines) is 1. The number of hydrogen-bond donors (Lipinski definition) is 1. The van der Waals surface area contributed by atoms with Crippen LogP contribution in [0.3, 0.4) is 0 Å². The van der Waals surface area contributed by atoms with E-state index in [1.54, 1.807) is 6.07 Å². The number of anilines is 1. The van der Waals surface area contributed by atoms with E-state index in [4.69, 9.17) is 17.3 Å². The minimum absolute atomic E-state index is 0.541. The van der Waals surface area contributed by atoms with Crippen LogP contribution >= 0.6 is 11.6 Å². The quantitative estimate of drug-likeness (QED) is 0.863. The number of hydrogen-bond acceptors (Lipinski definition) is 3. The predicted octanol–water partition coefficient (Wildman–Crippen LogP) is 2.55. The van der Waals surface area contributed by atoms with E-state index in [1.807, 2.05) is 6.07 Å². The average Bonchev–Trinajstić information content (AvgIpc) is 2.51. The van der Waals surface area contributed by atoms with E-state index in [1.165, 1.54) is 6.42 Å². The normalized spacial score (nSPS) is 26.2. The average molecular weight is 240 g/mol. The molecule has 2 atom stereocenters. The van der Waals surface area contributed by atoms with Crippen molar-refractivity contribution in [2.24, 2.45) is 5.92 Å². The molecular formula is C12H18ClN3. The van der Waals surface area contributed by atoms with Gasteiger partial charge in [-0.25, -0.2) is 4.98 Å². The van der Waals surface area contributed by atoms with Crippen molar-refractivity contribution < 1.29 is 0 Å². The van der Waals surface area contributed by atoms with Gasteiger partial charge in [0.1, 0.15) is 5.82 Å². The number of nitrogen functional groups attached to an aromatic ring is 1. The van der Waals surface area contributed by atoms with Crippen molar-refractivity contribution in [1.29, 1.82) is 0 Å². The van der Waals surface area contributed by atoms with E-state index >= 15 is 0 Å². The standard InChI is InChI=1S/C12H18ClN3/c1-8-5-9(2)16(6-8)7-11-10(13)3-4-12(14)15-11/h3-4,8-9H,5-7H2,1-2H3,(H2,14,15). The van der Waals surface area contributed by atoms with Gasteiger partial charge in [-0.1, -0.05) is 18.5 Å². The van der Waals surface area contributed by atoms with Gasteiger partial charge < -0.3 is 5.73 Å². The second kappa shape index (κ2) is 4.60. The predicted molar refractivity (Wildman–Crippen MR) is 67.3 cm³/mol. The first-order chi connectivity index (χ1) is 7.56. The Balaban J connectivity index is 2.11. The van der Waals surface area contributed by atoms with Crippen LogP contribution in [0.5, 0.6) is 0 Å². The fourth-order valence-corrected chi connectivity index (χ4v) is 2.58. The summed E-state index contributed by atoms with van der Waals surface area (Å²) in [5.74, 6) is 1.30. The molecule has 88 valence electrons. The van der Waals surface area contributed by atoms with E-state index in [2.05, 4.69) is 23.7 Å². The van der Waals surface area contributed by atoms with Crippen LogP contribution < -0.4 is 5.73 Å². The Hall–Kier alpha value is -0.800. The minimum Gasteiger partial charge on any atom is -0.384 e. The summed E-state index contributed by atoms with van der Waals surface area (Å²) in [5, 5.41) is 0.709. The summed E-state index contributed by atoms with van der Waals surface area (Å²) >= 11 is 6.11. The number of aromatic nitrogens is 1. The van der Waals surface area contributed by atoms with Crippen LogP contribution in [0.1, 0.15) is 26.0 Å². The summed E-state index contributed by atoms with van der Waals surface area (Å²) in [5.41, 5.74) is 6.57. The molecule has 0 radical (unpaired) electrons. The highest BCUT2D eigenvalue weighted by Gasteiger charge is 2.26. The van der Waals surface area contributed by atoms with Crippen molar-refractivity contribution in [2.45, 2.75) is 32.9 Å². The van der Waals surface area contributed by atoms with Gasteiger partial charge in [-0.05, 0) is 31.4 Å². The lowest BCUT2D eigenvalue weighted by molar-refractivity contribution is 0.254. The van der Waals surface area contributed by atoms with E-state index in [0.717, 1.165) is 24.7 Å². The highest BCUT2D eigenvalue weighted by atomic mass is 35.5. The van der Waals surface area contributed by atoms with Crippen molar-refractivity contribution in [3.8, 4) is 0 Å². The van der Waals surface area contributed by atoms with Crippen LogP contribution in [-0.4, -0.2) is 22.5 Å². The molecule has 2 N–H and O–H groups in total. The smallest absolute Gasteiger partial charge is 0.123 e. The summed E-state index contributed by atoms with van der Waals surface area (Å²) in [6, 6.07) is 4.17. The maximum absolute atomic E-state index is 6.11. The third-order valence-electron chi connectivity index (χ3n) is 3.21. The maximum Gasteiger partial charge on any atom is 0.123 e. The highest BCUT2D eigenvalue weighted by molar-refractivity contribution is 6.31. The Kier molecular flexibility index (Phi) is 3.36. The van der Waals surface area contributed by atoms with Crippen molar-refractivity contribution >= 4 is 17.4 Å². The van der Waals surface area contributed by atoms with Gasteiger partial charge in [0.15, 0.2) is 0 Å². The molecule has 0 aliphatic carbocycles. The summed E-state index contributed by atoms with van der Waals surface area (Å²) in [6.07, 6.45) is 1.25. The lowest BCUT2D eigenvalue weighted by Gasteiger charge is -2.21. The van der Waals surface area contributed by atoms with Gasteiger partial charge in [0.25, 0.3) is 0 Å². The molecular weight excluding hydrogens is 222 g/mol. The third-order valence-corrected chi connectivity index (χ3v) is 3.55. The molecule has 2 heterocycles. The SMILES string of the molecule is CC1CC(C)N(Cc2nc(N)ccc2Cl)C1. The molecule has 2 rings (SSSR count). The van der Waals surface area contributed by atoms with Gasteiger partial charge >= 0.3 is 0 Å². The molecule has 1 aliphatic heterocycles. The zero-order valence-corrected chi connectivity index (χ0v) is 10.5. The molecule has 1 aliphatic rings. The Morgan fingerprint density at radius 1 is 1.50 bits per heavy atom. The molecule has 1 fully saturated rings. The Bertz CT molecular complexity index is 381. The Morgan fingerprint density at radius 3 is 2.88 bits per heavy atom. The van der Waals surface area contributed by atoms with Crippen LogP contribution in [0.4, 0.5) is 5.82 Å². The number of halogens is 1. The molecule has 1 aromatic rings. The second-order valence-corrected chi connectivity index (χ2v) is 5.19. The van der Waals surface area contributed by atoms with Crippen LogP contribution in [-0.2, 0) is 6.54 Å². The first-order valence-electron chi connectivity index (χ1n) is 5.71. The van der Waals surface area contributed by atoms with Crippen LogP contribution in [0.2, 0.25) is 5.02 Å². The summed E-state index contributed by atoms with van der Waals surface area (Å²) < 4.78 is 0. The van der Waals surface area contributed by atoms with Crippen LogP contribution in [0.15, 0.2) is 12.1 Å². The highest BCUT2D eigenvalue weighted by Crippen LogP contribution is 2.26. The fourth-order valence-electron chi connectivity index (χ4n) is 2.41. The molecule has 2 unspecified atom stereocenters. The summed E-state index contributed by atoms with van der Waals surface area (Å²) in [6.45, 7) is 6.46. The Morgan fingerprint density at radius 2 is 2.25 bits per heavy atom. The molecule has 3 nitrogen and oxygen atoms in total. The van der Waals surface area contributed by atoms with Crippen molar-refractivity contribution in [3.05, 3.63) is 22.8 Å². The Labute approximate surface area is 102 Å². The molecule has 0 spiro atoms. The number of nitrogens with zero attached hydrogens (tertiary/aromatic N) is 2. The van der Waals surface area contributed by atoms with E-state index in [9.17, 15) is 0 Å². The zero-order chi connectivity index (χ0) is 11.7. The topological polar surface area (TPSA) is 42.2 Å². The number of rotatable bonds is 2. The fraction of sp³-hybridized carbons (Fsp3) is 0.583. The third kappa shape index (κ3) is 2.47. The first-order valence-corrected chi connectivity index (χ1v) is 6.09. The summed E-state index contributed by atoms with van der Waals surface area (Å²) in [4.78, 5) is 6.71. The van der Waals surface area contributed by atoms with Gasteiger partial charge in [0.2, 0.25) is 0 Å². The van der Waals surface area contributed by atoms with E-state index in [-0.39, 0.29) is 0 Å². The molecule has 0 amide bonds. The first kappa shape index (κ1) is 11.7.